The van der Waals surface area contributed by atoms with Gasteiger partial charge in [-0.05, 0) is 54.8 Å². The van der Waals surface area contributed by atoms with Crippen molar-refractivity contribution in [3.63, 3.8) is 0 Å². The molecule has 5 heteroatoms. The number of nitrogens with one attached hydrogen (secondary N) is 1. The van der Waals surface area contributed by atoms with E-state index in [0.29, 0.717) is 11.3 Å². The summed E-state index contributed by atoms with van der Waals surface area (Å²) in [5.74, 6) is -0.309. The lowest BCUT2D eigenvalue weighted by atomic mass is 10.1. The summed E-state index contributed by atoms with van der Waals surface area (Å²) < 4.78 is 13.3. The highest BCUT2D eigenvalue weighted by atomic mass is 32.1. The van der Waals surface area contributed by atoms with Gasteiger partial charge in [0.15, 0.2) is 0 Å². The third-order valence-electron chi connectivity index (χ3n) is 3.60. The Hall–Kier alpha value is -1.82. The highest BCUT2D eigenvalue weighted by molar-refractivity contribution is 7.80. The fourth-order valence-electron chi connectivity index (χ4n) is 2.29. The molecule has 0 aliphatic rings. The van der Waals surface area contributed by atoms with Crippen LogP contribution in [0.2, 0.25) is 0 Å². The minimum Gasteiger partial charge on any atom is -0.398 e. The minimum atomic E-state index is -0.387. The number of halogens is 1. The second-order valence-corrected chi connectivity index (χ2v) is 5.99. The summed E-state index contributed by atoms with van der Waals surface area (Å²) in [6, 6.07) is 12.5. The molecule has 2 aromatic carbocycles. The smallest absolute Gasteiger partial charge is 0.123 e. The van der Waals surface area contributed by atoms with Gasteiger partial charge in [0.05, 0.1) is 6.17 Å². The number of thiol groups is 1. The number of nitrogens with two attached hydrogens (primary N) is 2. The zero-order chi connectivity index (χ0) is 16.8. The summed E-state index contributed by atoms with van der Waals surface area (Å²) in [4.78, 5) is 0.944. The highest BCUT2D eigenvalue weighted by Gasteiger charge is 2.06. The Morgan fingerprint density at radius 2 is 1.96 bits per heavy atom. The lowest BCUT2D eigenvalue weighted by Crippen LogP contribution is -2.37. The van der Waals surface area contributed by atoms with Gasteiger partial charge in [-0.1, -0.05) is 18.2 Å². The molecule has 0 radical (unpaired) electrons. The van der Waals surface area contributed by atoms with Crippen LogP contribution in [0.25, 0.3) is 5.70 Å². The molecule has 2 aromatic rings. The van der Waals surface area contributed by atoms with E-state index in [4.69, 9.17) is 11.5 Å². The molecule has 1 atom stereocenters. The normalized spacial score (nSPS) is 13.1. The predicted octanol–water partition coefficient (Wildman–Crippen LogP) is 2.84. The van der Waals surface area contributed by atoms with Crippen LogP contribution < -0.4 is 16.8 Å². The Balaban J connectivity index is 1.91. The van der Waals surface area contributed by atoms with Crippen molar-refractivity contribution in [2.75, 3.05) is 6.54 Å². The molecule has 0 spiro atoms. The molecule has 0 heterocycles. The van der Waals surface area contributed by atoms with Gasteiger partial charge in [-0.2, -0.15) is 0 Å². The molecule has 1 unspecified atom stereocenters. The van der Waals surface area contributed by atoms with Crippen molar-refractivity contribution >= 4 is 18.3 Å². The number of aryl methyl sites for hydroxylation is 1. The third kappa shape index (κ3) is 5.39. The molecule has 0 saturated carbocycles. The zero-order valence-electron chi connectivity index (χ0n) is 13.1. The van der Waals surface area contributed by atoms with Crippen molar-refractivity contribution < 1.29 is 4.39 Å². The van der Waals surface area contributed by atoms with Gasteiger partial charge in [-0.25, -0.2) is 4.39 Å². The van der Waals surface area contributed by atoms with E-state index in [0.717, 1.165) is 23.4 Å². The summed E-state index contributed by atoms with van der Waals surface area (Å²) in [5, 5.41) is 3.19. The second-order valence-electron chi connectivity index (χ2n) is 5.48. The third-order valence-corrected chi connectivity index (χ3v) is 3.90. The summed E-state index contributed by atoms with van der Waals surface area (Å²) in [7, 11) is 0. The maximum Gasteiger partial charge on any atom is 0.123 e. The van der Waals surface area contributed by atoms with E-state index < -0.39 is 0 Å². The zero-order valence-corrected chi connectivity index (χ0v) is 14.0. The highest BCUT2D eigenvalue weighted by Crippen LogP contribution is 2.16. The molecule has 0 aromatic heterocycles. The van der Waals surface area contributed by atoms with Gasteiger partial charge in [0, 0.05) is 22.7 Å². The average molecular weight is 331 g/mol. The van der Waals surface area contributed by atoms with Crippen LogP contribution in [0.3, 0.4) is 0 Å². The number of hydrogen-bond donors (Lipinski definition) is 4. The Kier molecular flexibility index (Phi) is 6.21. The molecule has 122 valence electrons. The van der Waals surface area contributed by atoms with Crippen LogP contribution in [0.5, 0.6) is 0 Å². The Labute approximate surface area is 142 Å². The Morgan fingerprint density at radius 3 is 2.65 bits per heavy atom. The summed E-state index contributed by atoms with van der Waals surface area (Å²) in [6.07, 6.45) is 2.18. The fraction of sp³-hybridized carbons (Fsp3) is 0.222. The molecule has 2 rings (SSSR count). The Bertz CT molecular complexity index is 683. The fourth-order valence-corrected chi connectivity index (χ4v) is 2.44. The lowest BCUT2D eigenvalue weighted by molar-refractivity contribution is 0.612. The number of rotatable bonds is 6. The minimum absolute atomic E-state index is 0.309. The molecular formula is C18H22FN3S. The van der Waals surface area contributed by atoms with Crippen molar-refractivity contribution in [3.05, 3.63) is 71.0 Å². The van der Waals surface area contributed by atoms with E-state index in [1.54, 1.807) is 12.1 Å². The number of benzene rings is 2. The topological polar surface area (TPSA) is 64.1 Å². The molecule has 0 saturated heterocycles. The standard InChI is InChI=1S/C18H22FN3S/c1-12-2-5-14(19)10-16(12)17(20)11-18(21)22-9-8-13-3-6-15(23)7-4-13/h2-7,10-11,18,22-23H,8-9,20-21H2,1H3/b17-11-. The van der Waals surface area contributed by atoms with Crippen LogP contribution in [0.15, 0.2) is 53.4 Å². The molecule has 0 aliphatic carbocycles. The first-order chi connectivity index (χ1) is 11.0. The lowest BCUT2D eigenvalue weighted by Gasteiger charge is -2.13. The van der Waals surface area contributed by atoms with Crippen molar-refractivity contribution in [2.24, 2.45) is 11.5 Å². The Morgan fingerprint density at radius 1 is 1.26 bits per heavy atom. The van der Waals surface area contributed by atoms with Gasteiger partial charge in [-0.15, -0.1) is 12.6 Å². The first-order valence-electron chi connectivity index (χ1n) is 7.46. The van der Waals surface area contributed by atoms with Crippen LogP contribution in [-0.2, 0) is 6.42 Å². The van der Waals surface area contributed by atoms with Crippen molar-refractivity contribution in [1.82, 2.24) is 5.32 Å². The van der Waals surface area contributed by atoms with E-state index >= 15 is 0 Å². The summed E-state index contributed by atoms with van der Waals surface area (Å²) in [5.41, 5.74) is 15.3. The van der Waals surface area contributed by atoms with Crippen LogP contribution in [0.4, 0.5) is 4.39 Å². The first kappa shape index (κ1) is 17.5. The van der Waals surface area contributed by atoms with E-state index in [1.165, 1.54) is 17.7 Å². The van der Waals surface area contributed by atoms with Gasteiger partial charge in [-0.3, -0.25) is 5.32 Å². The summed E-state index contributed by atoms with van der Waals surface area (Å²) in [6.45, 7) is 2.61. The van der Waals surface area contributed by atoms with E-state index in [2.05, 4.69) is 17.9 Å². The van der Waals surface area contributed by atoms with Crippen LogP contribution in [0, 0.1) is 12.7 Å². The van der Waals surface area contributed by atoms with Crippen LogP contribution in [-0.4, -0.2) is 12.7 Å². The molecule has 3 nitrogen and oxygen atoms in total. The molecule has 0 bridgehead atoms. The van der Waals surface area contributed by atoms with Crippen molar-refractivity contribution in [3.8, 4) is 0 Å². The molecule has 5 N–H and O–H groups in total. The van der Waals surface area contributed by atoms with Crippen molar-refractivity contribution in [2.45, 2.75) is 24.4 Å². The van der Waals surface area contributed by atoms with Crippen molar-refractivity contribution in [1.29, 1.82) is 0 Å². The monoisotopic (exact) mass is 331 g/mol. The molecule has 0 amide bonds. The van der Waals surface area contributed by atoms with Gasteiger partial charge in [0.1, 0.15) is 5.82 Å². The quantitative estimate of drug-likeness (QED) is 0.486. The van der Waals surface area contributed by atoms with E-state index in [1.807, 2.05) is 31.2 Å². The molecular weight excluding hydrogens is 309 g/mol. The predicted molar refractivity (Wildman–Crippen MR) is 96.7 cm³/mol. The summed E-state index contributed by atoms with van der Waals surface area (Å²) >= 11 is 4.26. The van der Waals surface area contributed by atoms with Crippen LogP contribution >= 0.6 is 12.6 Å². The van der Waals surface area contributed by atoms with Gasteiger partial charge < -0.3 is 11.5 Å². The molecule has 0 aliphatic heterocycles. The van der Waals surface area contributed by atoms with E-state index in [-0.39, 0.29) is 12.0 Å². The van der Waals surface area contributed by atoms with Gasteiger partial charge in [0.25, 0.3) is 0 Å². The molecule has 0 fully saturated rings. The number of hydrogen-bond acceptors (Lipinski definition) is 4. The first-order valence-corrected chi connectivity index (χ1v) is 7.91. The van der Waals surface area contributed by atoms with Gasteiger partial charge in [0.2, 0.25) is 0 Å². The maximum absolute atomic E-state index is 13.3. The maximum atomic E-state index is 13.3. The van der Waals surface area contributed by atoms with E-state index in [9.17, 15) is 4.39 Å². The molecule has 23 heavy (non-hydrogen) atoms. The SMILES string of the molecule is Cc1ccc(F)cc1/C(N)=C/C(N)NCCc1ccc(S)cc1. The average Bonchev–Trinajstić information content (AvgIpc) is 2.51. The van der Waals surface area contributed by atoms with Crippen LogP contribution in [0.1, 0.15) is 16.7 Å². The largest absolute Gasteiger partial charge is 0.398 e. The van der Waals surface area contributed by atoms with Gasteiger partial charge >= 0.3 is 0 Å². The second kappa shape index (κ2) is 8.15.